The number of ether oxygens (including phenoxy) is 2. The van der Waals surface area contributed by atoms with Crippen molar-refractivity contribution in [1.29, 1.82) is 0 Å². The van der Waals surface area contributed by atoms with Crippen molar-refractivity contribution < 1.29 is 19.1 Å². The number of carbonyl (C=O) groups excluding carboxylic acids is 2. The molecule has 6 nitrogen and oxygen atoms in total. The zero-order valence-corrected chi connectivity index (χ0v) is 17.2. The van der Waals surface area contributed by atoms with E-state index in [4.69, 9.17) is 9.47 Å². The molecule has 0 atom stereocenters. The van der Waals surface area contributed by atoms with Crippen molar-refractivity contribution in [3.8, 4) is 11.5 Å². The summed E-state index contributed by atoms with van der Waals surface area (Å²) in [7, 11) is 1.59. The molecular formula is C24H24N2O4. The molecule has 2 amide bonds. The van der Waals surface area contributed by atoms with E-state index >= 15 is 0 Å². The van der Waals surface area contributed by atoms with E-state index in [1.807, 2.05) is 31.2 Å². The summed E-state index contributed by atoms with van der Waals surface area (Å²) in [6.45, 7) is 3.72. The SMILES string of the molecule is COc1ccc(C(=O)Nc2ccc(NC(C)=O)cc2)cc1COc1cccc(C)c1. The molecule has 30 heavy (non-hydrogen) atoms. The van der Waals surface area contributed by atoms with Crippen LogP contribution < -0.4 is 20.1 Å². The monoisotopic (exact) mass is 404 g/mol. The summed E-state index contributed by atoms with van der Waals surface area (Å²) in [6.07, 6.45) is 0. The Hall–Kier alpha value is -3.80. The highest BCUT2D eigenvalue weighted by Gasteiger charge is 2.12. The van der Waals surface area contributed by atoms with Gasteiger partial charge in [0.25, 0.3) is 5.91 Å². The second-order valence-corrected chi connectivity index (χ2v) is 6.84. The first kappa shape index (κ1) is 20.9. The summed E-state index contributed by atoms with van der Waals surface area (Å²) in [5.74, 6) is 1.01. The quantitative estimate of drug-likeness (QED) is 0.593. The molecule has 0 spiro atoms. The van der Waals surface area contributed by atoms with E-state index in [1.54, 1.807) is 49.6 Å². The smallest absolute Gasteiger partial charge is 0.255 e. The zero-order valence-electron chi connectivity index (χ0n) is 17.2. The van der Waals surface area contributed by atoms with Crippen LogP contribution in [0.15, 0.2) is 66.7 Å². The van der Waals surface area contributed by atoms with E-state index in [0.717, 1.165) is 16.9 Å². The molecule has 0 radical (unpaired) electrons. The predicted octanol–water partition coefficient (Wildman–Crippen LogP) is 4.79. The van der Waals surface area contributed by atoms with E-state index in [2.05, 4.69) is 10.6 Å². The zero-order chi connectivity index (χ0) is 21.5. The molecule has 0 fully saturated rings. The lowest BCUT2D eigenvalue weighted by molar-refractivity contribution is -0.114. The number of amides is 2. The molecule has 3 rings (SSSR count). The van der Waals surface area contributed by atoms with Crippen LogP contribution in [0.2, 0.25) is 0 Å². The van der Waals surface area contributed by atoms with Gasteiger partial charge in [-0.2, -0.15) is 0 Å². The second kappa shape index (κ2) is 9.60. The average Bonchev–Trinajstić information content (AvgIpc) is 2.73. The molecule has 0 heterocycles. The molecule has 0 aliphatic rings. The average molecular weight is 404 g/mol. The summed E-state index contributed by atoms with van der Waals surface area (Å²) in [5, 5.41) is 5.54. The number of nitrogens with one attached hydrogen (secondary N) is 2. The van der Waals surface area contributed by atoms with Gasteiger partial charge in [0.15, 0.2) is 0 Å². The van der Waals surface area contributed by atoms with Gasteiger partial charge in [-0.15, -0.1) is 0 Å². The van der Waals surface area contributed by atoms with Gasteiger partial charge in [-0.3, -0.25) is 9.59 Å². The summed E-state index contributed by atoms with van der Waals surface area (Å²) < 4.78 is 11.3. The number of methoxy groups -OCH3 is 1. The number of hydrogen-bond acceptors (Lipinski definition) is 4. The number of rotatable bonds is 7. The summed E-state index contributed by atoms with van der Waals surface area (Å²) in [5.41, 5.74) is 3.66. The van der Waals surface area contributed by atoms with Crippen LogP contribution in [0.3, 0.4) is 0 Å². The number of anilines is 2. The first-order chi connectivity index (χ1) is 14.4. The van der Waals surface area contributed by atoms with Gasteiger partial charge in [0, 0.05) is 29.4 Å². The number of hydrogen-bond donors (Lipinski definition) is 2. The van der Waals surface area contributed by atoms with Crippen LogP contribution in [0.1, 0.15) is 28.4 Å². The molecule has 3 aromatic carbocycles. The van der Waals surface area contributed by atoms with Crippen molar-refractivity contribution in [2.75, 3.05) is 17.7 Å². The number of aryl methyl sites for hydroxylation is 1. The Balaban J connectivity index is 1.71. The number of benzene rings is 3. The molecule has 0 saturated carbocycles. The Morgan fingerprint density at radius 1 is 0.900 bits per heavy atom. The third-order valence-electron chi connectivity index (χ3n) is 4.39. The summed E-state index contributed by atoms with van der Waals surface area (Å²) in [6, 6.07) is 19.9. The molecule has 0 unspecified atom stereocenters. The van der Waals surface area contributed by atoms with Crippen molar-refractivity contribution in [2.24, 2.45) is 0 Å². The normalized spacial score (nSPS) is 10.2. The van der Waals surface area contributed by atoms with Crippen LogP contribution in [0, 0.1) is 6.92 Å². The van der Waals surface area contributed by atoms with Crippen molar-refractivity contribution in [3.63, 3.8) is 0 Å². The molecule has 0 aliphatic carbocycles. The summed E-state index contributed by atoms with van der Waals surface area (Å²) >= 11 is 0. The van der Waals surface area contributed by atoms with Crippen LogP contribution >= 0.6 is 0 Å². The first-order valence-corrected chi connectivity index (χ1v) is 9.50. The van der Waals surface area contributed by atoms with E-state index in [-0.39, 0.29) is 18.4 Å². The maximum Gasteiger partial charge on any atom is 0.255 e. The van der Waals surface area contributed by atoms with Gasteiger partial charge >= 0.3 is 0 Å². The van der Waals surface area contributed by atoms with E-state index in [1.165, 1.54) is 6.92 Å². The second-order valence-electron chi connectivity index (χ2n) is 6.84. The van der Waals surface area contributed by atoms with E-state index in [9.17, 15) is 9.59 Å². The number of carbonyl (C=O) groups is 2. The van der Waals surface area contributed by atoms with E-state index in [0.29, 0.717) is 22.7 Å². The van der Waals surface area contributed by atoms with Gasteiger partial charge < -0.3 is 20.1 Å². The fourth-order valence-corrected chi connectivity index (χ4v) is 2.94. The Labute approximate surface area is 175 Å². The molecule has 0 saturated heterocycles. The summed E-state index contributed by atoms with van der Waals surface area (Å²) in [4.78, 5) is 23.8. The Morgan fingerprint density at radius 2 is 1.60 bits per heavy atom. The molecule has 6 heteroatoms. The third-order valence-corrected chi connectivity index (χ3v) is 4.39. The lowest BCUT2D eigenvalue weighted by atomic mass is 10.1. The molecule has 3 aromatic rings. The van der Waals surface area contributed by atoms with E-state index < -0.39 is 0 Å². The van der Waals surface area contributed by atoms with Gasteiger partial charge in [0.05, 0.1) is 7.11 Å². The Kier molecular flexibility index (Phi) is 6.70. The highest BCUT2D eigenvalue weighted by atomic mass is 16.5. The minimum Gasteiger partial charge on any atom is -0.496 e. The lowest BCUT2D eigenvalue weighted by Crippen LogP contribution is -2.13. The van der Waals surface area contributed by atoms with Gasteiger partial charge in [-0.25, -0.2) is 0 Å². The van der Waals surface area contributed by atoms with Crippen molar-refractivity contribution in [3.05, 3.63) is 83.4 Å². The standard InChI is InChI=1S/C24H24N2O4/c1-16-5-4-6-22(13-16)30-15-19-14-18(7-12-23(19)29-3)24(28)26-21-10-8-20(9-11-21)25-17(2)27/h4-14H,15H2,1-3H3,(H,25,27)(H,26,28). The minimum absolute atomic E-state index is 0.148. The molecule has 0 bridgehead atoms. The highest BCUT2D eigenvalue weighted by Crippen LogP contribution is 2.23. The molecule has 0 aromatic heterocycles. The minimum atomic E-state index is -0.248. The van der Waals surface area contributed by atoms with Crippen LogP contribution in [0.25, 0.3) is 0 Å². The molecule has 0 aliphatic heterocycles. The van der Waals surface area contributed by atoms with Crippen LogP contribution in [-0.4, -0.2) is 18.9 Å². The lowest BCUT2D eigenvalue weighted by Gasteiger charge is -2.13. The van der Waals surface area contributed by atoms with Gasteiger partial charge in [0.2, 0.25) is 5.91 Å². The largest absolute Gasteiger partial charge is 0.496 e. The maximum atomic E-state index is 12.7. The van der Waals surface area contributed by atoms with Crippen molar-refractivity contribution in [1.82, 2.24) is 0 Å². The highest BCUT2D eigenvalue weighted by molar-refractivity contribution is 6.04. The Bertz CT molecular complexity index is 1050. The van der Waals surface area contributed by atoms with Crippen LogP contribution in [-0.2, 0) is 11.4 Å². The third kappa shape index (κ3) is 5.61. The first-order valence-electron chi connectivity index (χ1n) is 9.50. The molecule has 154 valence electrons. The van der Waals surface area contributed by atoms with Crippen LogP contribution in [0.4, 0.5) is 11.4 Å². The van der Waals surface area contributed by atoms with Gasteiger partial charge in [-0.1, -0.05) is 12.1 Å². The predicted molar refractivity (Wildman–Crippen MR) is 117 cm³/mol. The maximum absolute atomic E-state index is 12.7. The van der Waals surface area contributed by atoms with Crippen molar-refractivity contribution in [2.45, 2.75) is 20.5 Å². The fraction of sp³-hybridized carbons (Fsp3) is 0.167. The van der Waals surface area contributed by atoms with Gasteiger partial charge in [-0.05, 0) is 67.1 Å². The fourth-order valence-electron chi connectivity index (χ4n) is 2.94. The van der Waals surface area contributed by atoms with Crippen molar-refractivity contribution >= 4 is 23.2 Å². The van der Waals surface area contributed by atoms with Crippen LogP contribution in [0.5, 0.6) is 11.5 Å². The molecule has 2 N–H and O–H groups in total. The van der Waals surface area contributed by atoms with Gasteiger partial charge in [0.1, 0.15) is 18.1 Å². The Morgan fingerprint density at radius 3 is 2.23 bits per heavy atom. The topological polar surface area (TPSA) is 76.7 Å². The molecular weight excluding hydrogens is 380 g/mol.